The van der Waals surface area contributed by atoms with Gasteiger partial charge in [0.1, 0.15) is 5.75 Å². The van der Waals surface area contributed by atoms with Crippen LogP contribution >= 0.6 is 0 Å². The Morgan fingerprint density at radius 3 is 2.64 bits per heavy atom. The van der Waals surface area contributed by atoms with Gasteiger partial charge in [0.2, 0.25) is 5.91 Å². The van der Waals surface area contributed by atoms with Gasteiger partial charge in [-0.15, -0.1) is 0 Å². The third kappa shape index (κ3) is 7.70. The fraction of sp³-hybridized carbons (Fsp3) is 0.429. The van der Waals surface area contributed by atoms with Crippen molar-refractivity contribution in [3.05, 3.63) is 78.2 Å². The number of hydrogen-bond donors (Lipinski definition) is 3. The second kappa shape index (κ2) is 15.4. The molecule has 5 heterocycles. The normalized spacial score (nSPS) is 21.2. The van der Waals surface area contributed by atoms with Crippen LogP contribution in [-0.4, -0.2) is 86.4 Å². The van der Waals surface area contributed by atoms with Crippen LogP contribution < -0.4 is 26.0 Å². The summed E-state index contributed by atoms with van der Waals surface area (Å²) >= 11 is 0. The van der Waals surface area contributed by atoms with Gasteiger partial charge in [-0.25, -0.2) is 9.78 Å². The molecule has 0 unspecified atom stereocenters. The predicted octanol–water partition coefficient (Wildman–Crippen LogP) is 6.21. The highest BCUT2D eigenvalue weighted by atomic mass is 16.5. The van der Waals surface area contributed by atoms with Crippen molar-refractivity contribution in [2.45, 2.75) is 82.4 Å². The molecule has 3 aromatic heterocycles. The van der Waals surface area contributed by atoms with Crippen LogP contribution in [-0.2, 0) is 4.79 Å². The van der Waals surface area contributed by atoms with Gasteiger partial charge in [-0.3, -0.25) is 24.8 Å². The third-order valence-corrected chi connectivity index (χ3v) is 11.9. The number of carbonyl (C=O) groups excluding carboxylic acids is 3. The predicted molar refractivity (Wildman–Crippen MR) is 216 cm³/mol. The fourth-order valence-electron chi connectivity index (χ4n) is 8.47. The maximum atomic E-state index is 13.6. The van der Waals surface area contributed by atoms with Crippen LogP contribution in [0.5, 0.6) is 5.75 Å². The van der Waals surface area contributed by atoms with Gasteiger partial charge in [0.15, 0.2) is 11.5 Å². The van der Waals surface area contributed by atoms with E-state index in [0.29, 0.717) is 59.0 Å². The van der Waals surface area contributed by atoms with Gasteiger partial charge >= 0.3 is 6.03 Å². The number of imidazole rings is 1. The molecule has 14 heteroatoms. The summed E-state index contributed by atoms with van der Waals surface area (Å²) in [5.74, 6) is 1.12. The van der Waals surface area contributed by atoms with E-state index in [1.54, 1.807) is 40.0 Å². The number of fused-ring (bicyclic) bond motifs is 2. The van der Waals surface area contributed by atoms with E-state index >= 15 is 0 Å². The first-order chi connectivity index (χ1) is 27.3. The number of imide groups is 1. The number of rotatable bonds is 11. The standard InChI is InChI=1S/C42H48N10O4/c43-35-24-37(56-33-8-9-33)34(41(54)47-39-26-45-38-2-1-16-46-52(38)39)23-29(35)25-44-30-5-3-27(4-6-30)11-17-49-18-13-31(14-19-49)50-20-12-28-22-32(7-10-36(28)50)51-21-15-40(53)48-42(51)55/h1-2,7,10,12,16,20,22-27,30-31,33H,3-6,8-9,11,13-15,17-19,21,43H2,(H,47,54)(H,48,53,55). The van der Waals surface area contributed by atoms with Crippen molar-refractivity contribution in [1.29, 1.82) is 0 Å². The number of likely N-dealkylation sites (tertiary alicyclic amines) is 1. The molecule has 2 aliphatic carbocycles. The summed E-state index contributed by atoms with van der Waals surface area (Å²) in [5, 5.41) is 10.8. The monoisotopic (exact) mass is 756 g/mol. The van der Waals surface area contributed by atoms with E-state index in [4.69, 9.17) is 15.5 Å². The molecule has 0 atom stereocenters. The lowest BCUT2D eigenvalue weighted by molar-refractivity contribution is -0.120. The van der Waals surface area contributed by atoms with Crippen molar-refractivity contribution >= 4 is 57.8 Å². The number of hydrogen-bond acceptors (Lipinski definition) is 9. The lowest BCUT2D eigenvalue weighted by atomic mass is 9.84. The molecule has 4 N–H and O–H groups in total. The topological polar surface area (TPSA) is 164 Å². The maximum absolute atomic E-state index is 13.6. The van der Waals surface area contributed by atoms with Crippen LogP contribution in [0, 0.1) is 5.92 Å². The van der Waals surface area contributed by atoms with E-state index in [-0.39, 0.29) is 30.0 Å². The highest BCUT2D eigenvalue weighted by molar-refractivity contribution is 6.08. The van der Waals surface area contributed by atoms with Gasteiger partial charge in [-0.1, -0.05) is 0 Å². The van der Waals surface area contributed by atoms with E-state index in [1.807, 2.05) is 18.3 Å². The largest absolute Gasteiger partial charge is 0.490 e. The molecular weight excluding hydrogens is 709 g/mol. The van der Waals surface area contributed by atoms with Crippen LogP contribution in [0.15, 0.2) is 72.1 Å². The summed E-state index contributed by atoms with van der Waals surface area (Å²) < 4.78 is 10.1. The number of nitrogens with two attached hydrogens (primary N) is 1. The fourth-order valence-corrected chi connectivity index (χ4v) is 8.47. The molecular formula is C42H48N10O4. The van der Waals surface area contributed by atoms with E-state index in [0.717, 1.165) is 82.1 Å². The number of anilines is 3. The zero-order chi connectivity index (χ0) is 38.2. The quantitative estimate of drug-likeness (QED) is 0.106. The summed E-state index contributed by atoms with van der Waals surface area (Å²) in [7, 11) is 0. The molecule has 2 saturated carbocycles. The smallest absolute Gasteiger partial charge is 0.328 e. The van der Waals surface area contributed by atoms with Crippen molar-refractivity contribution in [2.75, 3.05) is 42.1 Å². The molecule has 14 nitrogen and oxygen atoms in total. The Bertz CT molecular complexity index is 2290. The van der Waals surface area contributed by atoms with Crippen LogP contribution in [0.4, 0.5) is 22.0 Å². The number of ether oxygens (including phenoxy) is 1. The molecule has 5 aromatic rings. The summed E-state index contributed by atoms with van der Waals surface area (Å²) in [6.07, 6.45) is 17.5. The molecule has 0 bridgehead atoms. The Morgan fingerprint density at radius 1 is 1.00 bits per heavy atom. The number of carbonyl (C=O) groups is 3. The highest BCUT2D eigenvalue weighted by Crippen LogP contribution is 2.35. The van der Waals surface area contributed by atoms with Gasteiger partial charge in [-0.2, -0.15) is 9.61 Å². The average Bonchev–Trinajstić information content (AvgIpc) is 3.79. The summed E-state index contributed by atoms with van der Waals surface area (Å²) in [6, 6.07) is 15.8. The Balaban J connectivity index is 0.757. The third-order valence-electron chi connectivity index (χ3n) is 11.9. The van der Waals surface area contributed by atoms with Crippen molar-refractivity contribution in [2.24, 2.45) is 10.9 Å². The average molecular weight is 757 g/mol. The maximum Gasteiger partial charge on any atom is 0.328 e. The molecule has 9 rings (SSSR count). The van der Waals surface area contributed by atoms with Crippen molar-refractivity contribution in [3.8, 4) is 5.75 Å². The number of amides is 4. The van der Waals surface area contributed by atoms with Crippen molar-refractivity contribution < 1.29 is 19.1 Å². The Kier molecular flexibility index (Phi) is 9.88. The van der Waals surface area contributed by atoms with E-state index in [2.05, 4.69) is 54.6 Å². The number of nitrogen functional groups attached to an aromatic ring is 1. The minimum absolute atomic E-state index is 0.106. The molecule has 56 heavy (non-hydrogen) atoms. The van der Waals surface area contributed by atoms with Crippen LogP contribution in [0.1, 0.15) is 86.2 Å². The SMILES string of the molecule is Nc1cc(OC2CC2)c(C(=O)Nc2cnc3cccnn23)cc1C=NC1CCC(CCN2CCC(n3ccc4cc(N5CCC(=O)NC5=O)ccc43)CC2)CC1. The Hall–Kier alpha value is -5.76. The number of nitrogens with one attached hydrogen (secondary N) is 2. The molecule has 4 aliphatic rings. The van der Waals surface area contributed by atoms with E-state index in [9.17, 15) is 14.4 Å². The first-order valence-electron chi connectivity index (χ1n) is 20.0. The number of nitrogens with zero attached hydrogens (tertiary/aromatic N) is 7. The lowest BCUT2D eigenvalue weighted by Gasteiger charge is -2.35. The van der Waals surface area contributed by atoms with Crippen LogP contribution in [0.3, 0.4) is 0 Å². The van der Waals surface area contributed by atoms with Gasteiger partial charge in [0.05, 0.1) is 17.9 Å². The first-order valence-corrected chi connectivity index (χ1v) is 20.0. The van der Waals surface area contributed by atoms with Crippen LogP contribution in [0.25, 0.3) is 16.6 Å². The summed E-state index contributed by atoms with van der Waals surface area (Å²) in [5.41, 5.74) is 10.8. The highest BCUT2D eigenvalue weighted by Gasteiger charge is 2.29. The van der Waals surface area contributed by atoms with Crippen molar-refractivity contribution in [3.63, 3.8) is 0 Å². The number of piperidine rings is 1. The first kappa shape index (κ1) is 35.9. The molecule has 0 radical (unpaired) electrons. The van der Waals surface area contributed by atoms with E-state index in [1.165, 1.54) is 11.9 Å². The van der Waals surface area contributed by atoms with Gasteiger partial charge < -0.3 is 25.3 Å². The second-order valence-electron chi connectivity index (χ2n) is 15.7. The minimum Gasteiger partial charge on any atom is -0.490 e. The lowest BCUT2D eigenvalue weighted by Crippen LogP contribution is -2.49. The molecule has 4 fully saturated rings. The zero-order valence-electron chi connectivity index (χ0n) is 31.5. The minimum atomic E-state index is -0.353. The summed E-state index contributed by atoms with van der Waals surface area (Å²) in [6.45, 7) is 3.71. The molecule has 0 spiro atoms. The number of aromatic nitrogens is 4. The van der Waals surface area contributed by atoms with Gasteiger partial charge in [0, 0.05) is 90.7 Å². The second-order valence-corrected chi connectivity index (χ2v) is 15.7. The van der Waals surface area contributed by atoms with Gasteiger partial charge in [-0.05, 0) is 113 Å². The summed E-state index contributed by atoms with van der Waals surface area (Å²) in [4.78, 5) is 51.1. The van der Waals surface area contributed by atoms with Crippen LogP contribution in [0.2, 0.25) is 0 Å². The molecule has 2 aliphatic heterocycles. The molecule has 4 amide bonds. The number of urea groups is 1. The zero-order valence-corrected chi connectivity index (χ0v) is 31.5. The molecule has 2 aromatic carbocycles. The van der Waals surface area contributed by atoms with E-state index < -0.39 is 0 Å². The number of aliphatic imine (C=N–C) groups is 1. The van der Waals surface area contributed by atoms with Crippen molar-refractivity contribution in [1.82, 2.24) is 29.4 Å². The Morgan fingerprint density at radius 2 is 1.84 bits per heavy atom. The number of benzene rings is 2. The molecule has 2 saturated heterocycles. The van der Waals surface area contributed by atoms with Gasteiger partial charge in [0.25, 0.3) is 5.91 Å². The molecule has 290 valence electrons. The Labute approximate surface area is 325 Å².